The molecule has 2 saturated heterocycles. The lowest BCUT2D eigenvalue weighted by Gasteiger charge is -2.30. The summed E-state index contributed by atoms with van der Waals surface area (Å²) in [6, 6.07) is 15.5. The number of halogens is 1. The fourth-order valence-electron chi connectivity index (χ4n) is 4.88. The Hall–Kier alpha value is -3.23. The van der Waals surface area contributed by atoms with Crippen LogP contribution in [0.5, 0.6) is 0 Å². The van der Waals surface area contributed by atoms with Gasteiger partial charge in [0, 0.05) is 37.5 Å². The predicted molar refractivity (Wildman–Crippen MR) is 136 cm³/mol. The molecule has 1 N–H and O–H groups in total. The number of hydrogen-bond acceptors (Lipinski definition) is 6. The highest BCUT2D eigenvalue weighted by Gasteiger charge is 2.26. The summed E-state index contributed by atoms with van der Waals surface area (Å²) in [6.45, 7) is 4.10. The maximum absolute atomic E-state index is 12.8. The van der Waals surface area contributed by atoms with Crippen molar-refractivity contribution in [3.63, 3.8) is 0 Å². The van der Waals surface area contributed by atoms with Crippen molar-refractivity contribution >= 4 is 23.4 Å². The number of carbonyl (C=O) groups is 2. The van der Waals surface area contributed by atoms with E-state index < -0.39 is 0 Å². The summed E-state index contributed by atoms with van der Waals surface area (Å²) in [7, 11) is 0. The number of nitrogens with zero attached hydrogens (tertiary/aromatic N) is 4. The highest BCUT2D eigenvalue weighted by Crippen LogP contribution is 2.26. The van der Waals surface area contributed by atoms with Crippen molar-refractivity contribution in [1.29, 1.82) is 0 Å². The summed E-state index contributed by atoms with van der Waals surface area (Å²) in [5.41, 5.74) is 2.90. The summed E-state index contributed by atoms with van der Waals surface area (Å²) in [6.07, 6.45) is 3.15. The van der Waals surface area contributed by atoms with Crippen molar-refractivity contribution in [3.8, 4) is 11.4 Å². The summed E-state index contributed by atoms with van der Waals surface area (Å²) in [5.74, 6) is 1.34. The largest absolute Gasteiger partial charge is 0.352 e. The average molecular weight is 508 g/mol. The minimum absolute atomic E-state index is 0.00646. The Labute approximate surface area is 215 Å². The van der Waals surface area contributed by atoms with Crippen LogP contribution in [-0.2, 0) is 29.2 Å². The van der Waals surface area contributed by atoms with Gasteiger partial charge in [-0.25, -0.2) is 0 Å². The number of amides is 2. The number of likely N-dealkylation sites (tertiary alicyclic amines) is 2. The molecule has 0 saturated carbocycles. The molecule has 8 nitrogen and oxygen atoms in total. The van der Waals surface area contributed by atoms with E-state index in [0.29, 0.717) is 42.8 Å². The second kappa shape index (κ2) is 11.2. The normalized spacial score (nSPS) is 17.0. The number of hydrogen-bond donors (Lipinski definition) is 1. The molecule has 0 atom stereocenters. The maximum atomic E-state index is 12.8. The smallest absolute Gasteiger partial charge is 0.241 e. The average Bonchev–Trinajstić information content (AvgIpc) is 3.52. The fraction of sp³-hybridized carbons (Fsp3) is 0.407. The van der Waals surface area contributed by atoms with E-state index in [-0.39, 0.29) is 17.7 Å². The number of aromatic nitrogens is 2. The van der Waals surface area contributed by atoms with Crippen LogP contribution < -0.4 is 5.32 Å². The van der Waals surface area contributed by atoms with E-state index in [9.17, 15) is 9.59 Å². The molecule has 2 aromatic carbocycles. The summed E-state index contributed by atoms with van der Waals surface area (Å²) >= 11 is 6.23. The number of carbonyl (C=O) groups excluding carboxylic acids is 2. The Morgan fingerprint density at radius 3 is 2.64 bits per heavy atom. The van der Waals surface area contributed by atoms with Gasteiger partial charge < -0.3 is 14.7 Å². The Balaban J connectivity index is 1.07. The van der Waals surface area contributed by atoms with Crippen LogP contribution >= 0.6 is 11.6 Å². The topological polar surface area (TPSA) is 91.6 Å². The van der Waals surface area contributed by atoms with Crippen molar-refractivity contribution in [2.75, 3.05) is 19.6 Å². The first-order chi connectivity index (χ1) is 17.5. The van der Waals surface area contributed by atoms with Crippen LogP contribution in [0.15, 0.2) is 53.1 Å². The van der Waals surface area contributed by atoms with Gasteiger partial charge in [-0.05, 0) is 55.6 Å². The van der Waals surface area contributed by atoms with Crippen molar-refractivity contribution < 1.29 is 14.1 Å². The lowest BCUT2D eigenvalue weighted by Crippen LogP contribution is -2.40. The van der Waals surface area contributed by atoms with E-state index in [1.165, 1.54) is 0 Å². The third-order valence-corrected chi connectivity index (χ3v) is 7.23. The van der Waals surface area contributed by atoms with Gasteiger partial charge in [-0.1, -0.05) is 53.2 Å². The lowest BCUT2D eigenvalue weighted by atomic mass is 9.96. The van der Waals surface area contributed by atoms with Gasteiger partial charge >= 0.3 is 0 Å². The zero-order chi connectivity index (χ0) is 24.9. The van der Waals surface area contributed by atoms with Crippen molar-refractivity contribution in [2.45, 2.75) is 45.3 Å². The summed E-state index contributed by atoms with van der Waals surface area (Å²) < 4.78 is 5.43. The molecule has 2 fully saturated rings. The first kappa shape index (κ1) is 24.5. The molecule has 0 bridgehead atoms. The van der Waals surface area contributed by atoms with E-state index in [2.05, 4.69) is 26.4 Å². The number of benzene rings is 2. The molecule has 2 aliphatic rings. The van der Waals surface area contributed by atoms with Gasteiger partial charge in [0.05, 0.1) is 11.6 Å². The van der Waals surface area contributed by atoms with Gasteiger partial charge in [0.1, 0.15) is 0 Å². The minimum Gasteiger partial charge on any atom is -0.352 e. The van der Waals surface area contributed by atoms with Crippen LogP contribution in [-0.4, -0.2) is 51.4 Å². The molecule has 0 radical (unpaired) electrons. The van der Waals surface area contributed by atoms with Crippen LogP contribution in [0.1, 0.15) is 42.7 Å². The van der Waals surface area contributed by atoms with E-state index in [1.807, 2.05) is 41.3 Å². The summed E-state index contributed by atoms with van der Waals surface area (Å²) in [5, 5.41) is 7.75. The molecule has 36 heavy (non-hydrogen) atoms. The first-order valence-corrected chi connectivity index (χ1v) is 12.9. The van der Waals surface area contributed by atoms with Crippen molar-refractivity contribution in [3.05, 3.63) is 70.6 Å². The molecule has 3 aromatic rings. The first-order valence-electron chi connectivity index (χ1n) is 12.5. The van der Waals surface area contributed by atoms with Crippen molar-refractivity contribution in [2.24, 2.45) is 5.92 Å². The SMILES string of the molecule is O=C(NCc1cccc(CN2CCCC2=O)c1)C1CCN(Cc2nc(-c3ccccc3Cl)no2)CC1. The Kier molecular flexibility index (Phi) is 7.63. The fourth-order valence-corrected chi connectivity index (χ4v) is 5.10. The predicted octanol–water partition coefficient (Wildman–Crippen LogP) is 4.04. The molecule has 0 unspecified atom stereocenters. The van der Waals surface area contributed by atoms with Gasteiger partial charge in [0.15, 0.2) is 0 Å². The lowest BCUT2D eigenvalue weighted by molar-refractivity contribution is -0.128. The molecule has 0 spiro atoms. The second-order valence-corrected chi connectivity index (χ2v) is 9.91. The van der Waals surface area contributed by atoms with E-state index in [4.69, 9.17) is 16.1 Å². The van der Waals surface area contributed by atoms with Crippen molar-refractivity contribution in [1.82, 2.24) is 25.3 Å². The van der Waals surface area contributed by atoms with E-state index in [0.717, 1.165) is 55.6 Å². The summed E-state index contributed by atoms with van der Waals surface area (Å²) in [4.78, 5) is 33.3. The molecule has 2 aliphatic heterocycles. The van der Waals surface area contributed by atoms with Crippen LogP contribution in [0.25, 0.3) is 11.4 Å². The van der Waals surface area contributed by atoms with Gasteiger partial charge in [-0.3, -0.25) is 14.5 Å². The van der Waals surface area contributed by atoms with Crippen LogP contribution in [0.3, 0.4) is 0 Å². The third kappa shape index (κ3) is 5.94. The zero-order valence-electron chi connectivity index (χ0n) is 20.2. The molecule has 3 heterocycles. The Bertz CT molecular complexity index is 1220. The monoisotopic (exact) mass is 507 g/mol. The standard InChI is InChI=1S/C27H30ClN5O3/c28-23-8-2-1-7-22(23)26-30-24(36-31-26)18-32-13-10-21(11-14-32)27(35)29-16-19-5-3-6-20(15-19)17-33-12-4-9-25(33)34/h1-3,5-8,15,21H,4,9-14,16-18H2,(H,29,35). The second-order valence-electron chi connectivity index (χ2n) is 9.50. The van der Waals surface area contributed by atoms with Crippen LogP contribution in [0.2, 0.25) is 5.02 Å². The molecular formula is C27H30ClN5O3. The number of piperidine rings is 1. The van der Waals surface area contributed by atoms with Gasteiger partial charge in [0.25, 0.3) is 0 Å². The molecule has 2 amide bonds. The van der Waals surface area contributed by atoms with Crippen LogP contribution in [0, 0.1) is 5.92 Å². The zero-order valence-corrected chi connectivity index (χ0v) is 20.9. The van der Waals surface area contributed by atoms with E-state index in [1.54, 1.807) is 6.07 Å². The molecule has 188 valence electrons. The minimum atomic E-state index is -0.00646. The Morgan fingerprint density at radius 2 is 1.86 bits per heavy atom. The molecule has 5 rings (SSSR count). The number of nitrogens with one attached hydrogen (secondary N) is 1. The highest BCUT2D eigenvalue weighted by molar-refractivity contribution is 6.33. The number of rotatable bonds is 8. The molecule has 0 aliphatic carbocycles. The van der Waals surface area contributed by atoms with E-state index >= 15 is 0 Å². The molecule has 1 aromatic heterocycles. The molecule has 9 heteroatoms. The highest BCUT2D eigenvalue weighted by atomic mass is 35.5. The Morgan fingerprint density at radius 1 is 1.06 bits per heavy atom. The maximum Gasteiger partial charge on any atom is 0.241 e. The molecular weight excluding hydrogens is 478 g/mol. The van der Waals surface area contributed by atoms with Gasteiger partial charge in [-0.2, -0.15) is 4.98 Å². The van der Waals surface area contributed by atoms with Gasteiger partial charge in [-0.15, -0.1) is 0 Å². The third-order valence-electron chi connectivity index (χ3n) is 6.90. The van der Waals surface area contributed by atoms with Crippen LogP contribution in [0.4, 0.5) is 0 Å². The quantitative estimate of drug-likeness (QED) is 0.494. The van der Waals surface area contributed by atoms with Gasteiger partial charge in [0.2, 0.25) is 23.5 Å².